The predicted octanol–water partition coefficient (Wildman–Crippen LogP) is 0.993. The first-order valence-electron chi connectivity index (χ1n) is 2.88. The highest BCUT2D eigenvalue weighted by Crippen LogP contribution is 1.92. The molecule has 0 aliphatic carbocycles. The fraction of sp³-hybridized carbons (Fsp3) is 0.286. The number of ketones is 1. The topological polar surface area (TPSA) is 20.3 Å². The lowest BCUT2D eigenvalue weighted by molar-refractivity contribution is -0.110. The van der Waals surface area contributed by atoms with Crippen molar-refractivity contribution in [2.75, 3.05) is 13.6 Å². The molecular formula is C7H10ClNO. The summed E-state index contributed by atoms with van der Waals surface area (Å²) in [6.45, 7) is 0.822. The Bertz CT molecular complexity index is 174. The first kappa shape index (κ1) is 9.24. The van der Waals surface area contributed by atoms with Crippen molar-refractivity contribution in [1.82, 2.24) is 4.90 Å². The van der Waals surface area contributed by atoms with Gasteiger partial charge in [-0.2, -0.15) is 0 Å². The van der Waals surface area contributed by atoms with Crippen LogP contribution in [0.25, 0.3) is 0 Å². The Labute approximate surface area is 66.6 Å². The Balaban J connectivity index is 0.000000810. The Morgan fingerprint density at radius 3 is 2.90 bits per heavy atom. The summed E-state index contributed by atoms with van der Waals surface area (Å²) < 4.78 is 0. The van der Waals surface area contributed by atoms with E-state index in [1.54, 1.807) is 18.4 Å². The van der Waals surface area contributed by atoms with Crippen molar-refractivity contribution in [2.24, 2.45) is 0 Å². The quantitative estimate of drug-likeness (QED) is 0.526. The molecule has 0 amide bonds. The zero-order valence-electron chi connectivity index (χ0n) is 5.78. The largest absolute Gasteiger partial charge is 0.377 e. The van der Waals surface area contributed by atoms with E-state index < -0.39 is 0 Å². The average molecular weight is 160 g/mol. The second-order valence-electron chi connectivity index (χ2n) is 2.06. The van der Waals surface area contributed by atoms with E-state index in [4.69, 9.17) is 0 Å². The van der Waals surface area contributed by atoms with E-state index in [0.29, 0.717) is 0 Å². The smallest absolute Gasteiger partial charge is 0.179 e. The summed E-state index contributed by atoms with van der Waals surface area (Å²) in [5.41, 5.74) is 0. The molecule has 0 N–H and O–H groups in total. The lowest BCUT2D eigenvalue weighted by atomic mass is 10.3. The molecule has 0 fully saturated rings. The van der Waals surface area contributed by atoms with Gasteiger partial charge in [-0.05, 0) is 6.08 Å². The minimum absolute atomic E-state index is 0. The maximum absolute atomic E-state index is 10.6. The fourth-order valence-corrected chi connectivity index (χ4v) is 0.652. The number of halogens is 1. The Morgan fingerprint density at radius 2 is 2.20 bits per heavy atom. The molecule has 1 rings (SSSR count). The van der Waals surface area contributed by atoms with Crippen molar-refractivity contribution >= 4 is 18.2 Å². The van der Waals surface area contributed by atoms with Crippen LogP contribution in [0, 0.1) is 0 Å². The van der Waals surface area contributed by atoms with Crippen molar-refractivity contribution in [3.8, 4) is 0 Å². The molecule has 56 valence electrons. The standard InChI is InChI=1S/C7H9NO.ClH/c1-8-5-2-3-7(9)4-6-8;/h2-4,6H,5H2,1H3;1H. The van der Waals surface area contributed by atoms with Gasteiger partial charge in [-0.25, -0.2) is 0 Å². The summed E-state index contributed by atoms with van der Waals surface area (Å²) in [5.74, 6) is 0.0688. The van der Waals surface area contributed by atoms with Gasteiger partial charge >= 0.3 is 0 Å². The van der Waals surface area contributed by atoms with Gasteiger partial charge in [-0.15, -0.1) is 12.4 Å². The number of hydrogen-bond acceptors (Lipinski definition) is 2. The van der Waals surface area contributed by atoms with Crippen LogP contribution in [0.5, 0.6) is 0 Å². The number of likely N-dealkylation sites (N-methyl/N-ethyl adjacent to an activating group) is 1. The number of rotatable bonds is 0. The highest BCUT2D eigenvalue weighted by atomic mass is 35.5. The van der Waals surface area contributed by atoms with Crippen LogP contribution in [0.2, 0.25) is 0 Å². The van der Waals surface area contributed by atoms with Gasteiger partial charge in [0.1, 0.15) is 0 Å². The zero-order chi connectivity index (χ0) is 6.69. The third-order valence-electron chi connectivity index (χ3n) is 1.17. The van der Waals surface area contributed by atoms with Crippen LogP contribution >= 0.6 is 12.4 Å². The average Bonchev–Trinajstić information content (AvgIpc) is 1.97. The summed E-state index contributed by atoms with van der Waals surface area (Å²) in [6.07, 6.45) is 6.77. The first-order valence-corrected chi connectivity index (χ1v) is 2.88. The highest BCUT2D eigenvalue weighted by Gasteiger charge is 1.94. The van der Waals surface area contributed by atoms with Gasteiger partial charge in [0.2, 0.25) is 0 Å². The van der Waals surface area contributed by atoms with E-state index in [-0.39, 0.29) is 18.2 Å². The first-order chi connectivity index (χ1) is 4.29. The molecule has 1 aliphatic rings. The Hall–Kier alpha value is -0.760. The van der Waals surface area contributed by atoms with Gasteiger partial charge in [-0.1, -0.05) is 6.08 Å². The summed E-state index contributed by atoms with van der Waals surface area (Å²) in [4.78, 5) is 12.6. The van der Waals surface area contributed by atoms with E-state index in [2.05, 4.69) is 0 Å². The highest BCUT2D eigenvalue weighted by molar-refractivity contribution is 5.99. The van der Waals surface area contributed by atoms with Crippen LogP contribution in [-0.4, -0.2) is 24.3 Å². The third-order valence-corrected chi connectivity index (χ3v) is 1.17. The van der Waals surface area contributed by atoms with Gasteiger partial charge in [0.25, 0.3) is 0 Å². The second-order valence-corrected chi connectivity index (χ2v) is 2.06. The fourth-order valence-electron chi connectivity index (χ4n) is 0.652. The van der Waals surface area contributed by atoms with Crippen LogP contribution in [0.4, 0.5) is 0 Å². The van der Waals surface area contributed by atoms with E-state index in [1.807, 2.05) is 18.0 Å². The minimum Gasteiger partial charge on any atom is -0.377 e. The van der Waals surface area contributed by atoms with E-state index in [9.17, 15) is 4.79 Å². The summed E-state index contributed by atoms with van der Waals surface area (Å²) in [5, 5.41) is 0. The van der Waals surface area contributed by atoms with Gasteiger partial charge in [-0.3, -0.25) is 4.79 Å². The van der Waals surface area contributed by atoms with Crippen molar-refractivity contribution in [2.45, 2.75) is 0 Å². The molecule has 10 heavy (non-hydrogen) atoms. The molecule has 0 aromatic heterocycles. The maximum atomic E-state index is 10.6. The lowest BCUT2D eigenvalue weighted by Crippen LogP contribution is -2.08. The molecule has 0 bridgehead atoms. The molecule has 0 saturated carbocycles. The van der Waals surface area contributed by atoms with Crippen molar-refractivity contribution in [1.29, 1.82) is 0 Å². The van der Waals surface area contributed by atoms with Crippen LogP contribution in [-0.2, 0) is 4.79 Å². The third kappa shape index (κ3) is 2.69. The van der Waals surface area contributed by atoms with Crippen molar-refractivity contribution in [3.63, 3.8) is 0 Å². The maximum Gasteiger partial charge on any atom is 0.179 e. The van der Waals surface area contributed by atoms with Crippen molar-refractivity contribution < 1.29 is 4.79 Å². The number of carbonyl (C=O) groups is 1. The summed E-state index contributed by atoms with van der Waals surface area (Å²) in [7, 11) is 1.93. The van der Waals surface area contributed by atoms with Crippen LogP contribution in [0.1, 0.15) is 0 Å². The molecule has 0 spiro atoms. The molecular weight excluding hydrogens is 150 g/mol. The number of allylic oxidation sites excluding steroid dienone is 2. The van der Waals surface area contributed by atoms with Crippen LogP contribution in [0.3, 0.4) is 0 Å². The molecule has 3 heteroatoms. The molecule has 1 heterocycles. The Morgan fingerprint density at radius 1 is 1.50 bits per heavy atom. The zero-order valence-corrected chi connectivity index (χ0v) is 6.60. The van der Waals surface area contributed by atoms with E-state index >= 15 is 0 Å². The lowest BCUT2D eigenvalue weighted by Gasteiger charge is -2.06. The van der Waals surface area contributed by atoms with Crippen LogP contribution in [0.15, 0.2) is 24.4 Å². The molecule has 1 aliphatic heterocycles. The van der Waals surface area contributed by atoms with Crippen LogP contribution < -0.4 is 0 Å². The molecule has 0 radical (unpaired) electrons. The second kappa shape index (κ2) is 4.12. The number of carbonyl (C=O) groups excluding carboxylic acids is 1. The monoisotopic (exact) mass is 159 g/mol. The summed E-state index contributed by atoms with van der Waals surface area (Å²) >= 11 is 0. The van der Waals surface area contributed by atoms with Gasteiger partial charge in [0, 0.05) is 25.9 Å². The van der Waals surface area contributed by atoms with E-state index in [0.717, 1.165) is 6.54 Å². The normalized spacial score (nSPS) is 16.5. The number of hydrogen-bond donors (Lipinski definition) is 0. The SMILES string of the molecule is CN1C=CC(=O)C=CC1.Cl. The molecule has 0 aromatic carbocycles. The molecule has 0 atom stereocenters. The molecule has 0 saturated heterocycles. The van der Waals surface area contributed by atoms with Crippen molar-refractivity contribution in [3.05, 3.63) is 24.4 Å². The molecule has 0 unspecified atom stereocenters. The summed E-state index contributed by atoms with van der Waals surface area (Å²) in [6, 6.07) is 0. The van der Waals surface area contributed by atoms with Gasteiger partial charge in [0.05, 0.1) is 0 Å². The predicted molar refractivity (Wildman–Crippen MR) is 43.2 cm³/mol. The van der Waals surface area contributed by atoms with E-state index in [1.165, 1.54) is 0 Å². The molecule has 2 nitrogen and oxygen atoms in total. The minimum atomic E-state index is 0. The van der Waals surface area contributed by atoms with Gasteiger partial charge in [0.15, 0.2) is 5.78 Å². The van der Waals surface area contributed by atoms with Gasteiger partial charge < -0.3 is 4.90 Å². The molecule has 0 aromatic rings. The number of nitrogens with zero attached hydrogens (tertiary/aromatic N) is 1. The Kier molecular flexibility index (Phi) is 3.81.